The van der Waals surface area contributed by atoms with Crippen LogP contribution in [-0.2, 0) is 0 Å². The molecule has 18 heavy (non-hydrogen) atoms. The number of benzene rings is 3. The predicted molar refractivity (Wildman–Crippen MR) is 83.5 cm³/mol. The van der Waals surface area contributed by atoms with Crippen molar-refractivity contribution in [1.82, 2.24) is 0 Å². The van der Waals surface area contributed by atoms with E-state index in [0.717, 1.165) is 0 Å². The van der Waals surface area contributed by atoms with E-state index in [-0.39, 0.29) is 0 Å². The Balaban J connectivity index is 2.16. The minimum Gasteiger partial charge on any atom is -0.106 e. The molecule has 3 rings (SSSR count). The molecule has 0 aromatic heterocycles. The molecule has 0 saturated heterocycles. The van der Waals surface area contributed by atoms with Crippen LogP contribution in [0.4, 0.5) is 0 Å². The molecule has 1 atom stereocenters. The zero-order valence-electron chi connectivity index (χ0n) is 10.4. The van der Waals surface area contributed by atoms with E-state index >= 15 is 0 Å². The fraction of sp³-hybridized carbons (Fsp3) is 0.0588. The minimum atomic E-state index is 1.22. The lowest BCUT2D eigenvalue weighted by molar-refractivity contribution is 1.50. The van der Waals surface area contributed by atoms with Crippen LogP contribution >= 0.6 is 9.24 Å². The summed E-state index contributed by atoms with van der Waals surface area (Å²) in [4.78, 5) is 0. The van der Waals surface area contributed by atoms with Gasteiger partial charge in [0.15, 0.2) is 0 Å². The molecule has 0 aliphatic rings. The summed E-state index contributed by atoms with van der Waals surface area (Å²) in [5, 5.41) is 3.82. The second-order valence-electron chi connectivity index (χ2n) is 4.69. The van der Waals surface area contributed by atoms with Gasteiger partial charge in [0.1, 0.15) is 0 Å². The van der Waals surface area contributed by atoms with Gasteiger partial charge in [-0.3, -0.25) is 0 Å². The SMILES string of the molecule is Cc1ccc2cc(-c3cccc(P)c3)ccc2c1. The van der Waals surface area contributed by atoms with E-state index in [1.165, 1.54) is 32.8 Å². The van der Waals surface area contributed by atoms with Crippen LogP contribution in [0.5, 0.6) is 0 Å². The number of aryl methyl sites for hydroxylation is 1. The molecule has 3 aromatic carbocycles. The van der Waals surface area contributed by atoms with Crippen LogP contribution in [-0.4, -0.2) is 0 Å². The molecule has 0 heterocycles. The standard InChI is InChI=1S/C17H15P/c1-12-5-6-15-10-16(8-7-14(15)9-12)13-3-2-4-17(18)11-13/h2-11H,18H2,1H3. The Kier molecular flexibility index (Phi) is 2.89. The largest absolute Gasteiger partial charge is 0.106 e. The molecular weight excluding hydrogens is 235 g/mol. The molecule has 1 unspecified atom stereocenters. The summed E-state index contributed by atoms with van der Waals surface area (Å²) in [7, 11) is 2.75. The molecule has 0 saturated carbocycles. The first-order chi connectivity index (χ1) is 8.72. The molecular formula is C17H15P. The average molecular weight is 250 g/mol. The third-order valence-corrected chi connectivity index (χ3v) is 3.57. The van der Waals surface area contributed by atoms with E-state index in [0.29, 0.717) is 0 Å². The zero-order valence-corrected chi connectivity index (χ0v) is 11.5. The van der Waals surface area contributed by atoms with Crippen LogP contribution in [0.25, 0.3) is 21.9 Å². The summed E-state index contributed by atoms with van der Waals surface area (Å²) in [5.41, 5.74) is 3.85. The van der Waals surface area contributed by atoms with Crippen molar-refractivity contribution < 1.29 is 0 Å². The van der Waals surface area contributed by atoms with Crippen molar-refractivity contribution in [3.8, 4) is 11.1 Å². The van der Waals surface area contributed by atoms with Gasteiger partial charge in [-0.25, -0.2) is 0 Å². The summed E-state index contributed by atoms with van der Waals surface area (Å²) in [5.74, 6) is 0. The highest BCUT2D eigenvalue weighted by Crippen LogP contribution is 2.24. The number of hydrogen-bond acceptors (Lipinski definition) is 0. The topological polar surface area (TPSA) is 0 Å². The summed E-state index contributed by atoms with van der Waals surface area (Å²) < 4.78 is 0. The molecule has 0 N–H and O–H groups in total. The number of fused-ring (bicyclic) bond motifs is 1. The monoisotopic (exact) mass is 250 g/mol. The van der Waals surface area contributed by atoms with Crippen LogP contribution < -0.4 is 5.30 Å². The minimum absolute atomic E-state index is 1.22. The zero-order chi connectivity index (χ0) is 12.5. The van der Waals surface area contributed by atoms with Gasteiger partial charge in [-0.05, 0) is 46.3 Å². The molecule has 3 aromatic rings. The Morgan fingerprint density at radius 2 is 1.44 bits per heavy atom. The predicted octanol–water partition coefficient (Wildman–Crippen LogP) is 4.32. The molecule has 0 radical (unpaired) electrons. The van der Waals surface area contributed by atoms with Gasteiger partial charge >= 0.3 is 0 Å². The van der Waals surface area contributed by atoms with Crippen molar-refractivity contribution in [2.75, 3.05) is 0 Å². The second kappa shape index (κ2) is 4.55. The lowest BCUT2D eigenvalue weighted by Gasteiger charge is -2.06. The van der Waals surface area contributed by atoms with Gasteiger partial charge in [0, 0.05) is 0 Å². The van der Waals surface area contributed by atoms with Crippen LogP contribution in [0.15, 0.2) is 60.7 Å². The quantitative estimate of drug-likeness (QED) is 0.564. The first kappa shape index (κ1) is 11.4. The molecule has 0 nitrogen and oxygen atoms in total. The highest BCUT2D eigenvalue weighted by molar-refractivity contribution is 7.27. The second-order valence-corrected chi connectivity index (χ2v) is 5.36. The van der Waals surface area contributed by atoms with E-state index < -0.39 is 0 Å². The van der Waals surface area contributed by atoms with E-state index in [1.54, 1.807) is 0 Å². The van der Waals surface area contributed by atoms with Crippen LogP contribution in [0, 0.1) is 6.92 Å². The smallest absolute Gasteiger partial charge is 0.0177 e. The summed E-state index contributed by atoms with van der Waals surface area (Å²) >= 11 is 0. The third-order valence-electron chi connectivity index (χ3n) is 3.22. The summed E-state index contributed by atoms with van der Waals surface area (Å²) in [6.07, 6.45) is 0. The molecule has 1 heteroatoms. The lowest BCUT2D eigenvalue weighted by Crippen LogP contribution is -1.89. The molecule has 88 valence electrons. The highest BCUT2D eigenvalue weighted by Gasteiger charge is 2.00. The van der Waals surface area contributed by atoms with Gasteiger partial charge < -0.3 is 0 Å². The highest BCUT2D eigenvalue weighted by atomic mass is 31.0. The van der Waals surface area contributed by atoms with Crippen molar-refractivity contribution >= 4 is 25.3 Å². The maximum atomic E-state index is 2.75. The van der Waals surface area contributed by atoms with Crippen LogP contribution in [0.1, 0.15) is 5.56 Å². The normalized spacial score (nSPS) is 10.8. The van der Waals surface area contributed by atoms with E-state index in [9.17, 15) is 0 Å². The van der Waals surface area contributed by atoms with Crippen molar-refractivity contribution in [3.05, 3.63) is 66.2 Å². The van der Waals surface area contributed by atoms with Crippen molar-refractivity contribution in [3.63, 3.8) is 0 Å². The molecule has 0 bridgehead atoms. The van der Waals surface area contributed by atoms with Gasteiger partial charge in [0.2, 0.25) is 0 Å². The fourth-order valence-corrected chi connectivity index (χ4v) is 2.55. The van der Waals surface area contributed by atoms with Gasteiger partial charge in [0.05, 0.1) is 0 Å². The Hall–Kier alpha value is -1.65. The first-order valence-electron chi connectivity index (χ1n) is 6.09. The van der Waals surface area contributed by atoms with Crippen molar-refractivity contribution in [2.24, 2.45) is 0 Å². The first-order valence-corrected chi connectivity index (χ1v) is 6.66. The molecule has 0 amide bonds. The van der Waals surface area contributed by atoms with E-state index in [4.69, 9.17) is 0 Å². The van der Waals surface area contributed by atoms with Crippen LogP contribution in [0.2, 0.25) is 0 Å². The molecule has 0 fully saturated rings. The maximum absolute atomic E-state index is 2.75. The molecule has 0 aliphatic carbocycles. The number of rotatable bonds is 1. The van der Waals surface area contributed by atoms with Gasteiger partial charge in [-0.2, -0.15) is 0 Å². The van der Waals surface area contributed by atoms with E-state index in [2.05, 4.69) is 76.8 Å². The maximum Gasteiger partial charge on any atom is -0.0177 e. The Bertz CT molecular complexity index is 714. The van der Waals surface area contributed by atoms with Crippen LogP contribution in [0.3, 0.4) is 0 Å². The fourth-order valence-electron chi connectivity index (χ4n) is 2.26. The average Bonchev–Trinajstić information content (AvgIpc) is 2.38. The van der Waals surface area contributed by atoms with Gasteiger partial charge in [-0.15, -0.1) is 9.24 Å². The van der Waals surface area contributed by atoms with Gasteiger partial charge in [-0.1, -0.05) is 54.1 Å². The summed E-state index contributed by atoms with van der Waals surface area (Å²) in [6.45, 7) is 2.13. The van der Waals surface area contributed by atoms with Crippen molar-refractivity contribution in [2.45, 2.75) is 6.92 Å². The number of hydrogen-bond donors (Lipinski definition) is 0. The summed E-state index contributed by atoms with van der Waals surface area (Å²) in [6, 6.07) is 21.8. The Morgan fingerprint density at radius 1 is 0.722 bits per heavy atom. The van der Waals surface area contributed by atoms with Crippen molar-refractivity contribution in [1.29, 1.82) is 0 Å². The van der Waals surface area contributed by atoms with E-state index in [1.807, 2.05) is 0 Å². The Morgan fingerprint density at radius 3 is 2.28 bits per heavy atom. The third kappa shape index (κ3) is 2.17. The van der Waals surface area contributed by atoms with Gasteiger partial charge in [0.25, 0.3) is 0 Å². The lowest BCUT2D eigenvalue weighted by atomic mass is 10.0. The Labute approximate surface area is 110 Å². The molecule has 0 aliphatic heterocycles. The molecule has 0 spiro atoms.